The minimum Gasteiger partial charge on any atom is -0.356 e. The Morgan fingerprint density at radius 3 is 1.73 bits per heavy atom. The molecule has 0 saturated carbocycles. The Labute approximate surface area is 66.4 Å². The second-order valence-corrected chi connectivity index (χ2v) is 2.61. The smallest absolute Gasteiger partial charge is 0.207 e. The van der Waals surface area contributed by atoms with Crippen LogP contribution in [-0.4, -0.2) is 24.9 Å². The highest BCUT2D eigenvalue weighted by Gasteiger charge is 2.05. The van der Waals surface area contributed by atoms with E-state index in [0.29, 0.717) is 12.8 Å². The van der Waals surface area contributed by atoms with Gasteiger partial charge < -0.3 is 10.6 Å². The van der Waals surface area contributed by atoms with Crippen LogP contribution in [-0.2, 0) is 9.59 Å². The summed E-state index contributed by atoms with van der Waals surface area (Å²) in [5.74, 6) is 0. The lowest BCUT2D eigenvalue weighted by Gasteiger charge is -2.15. The van der Waals surface area contributed by atoms with Gasteiger partial charge in [-0.05, 0) is 20.3 Å². The molecule has 0 aliphatic rings. The largest absolute Gasteiger partial charge is 0.356 e. The van der Waals surface area contributed by atoms with Gasteiger partial charge in [-0.25, -0.2) is 0 Å². The molecule has 0 fully saturated rings. The van der Waals surface area contributed by atoms with E-state index in [1.54, 1.807) is 0 Å². The van der Waals surface area contributed by atoms with Crippen LogP contribution in [0.1, 0.15) is 20.3 Å². The fourth-order valence-electron chi connectivity index (χ4n) is 0.899. The SMILES string of the molecule is CC(CC(C)NC=O)NC=O. The second-order valence-electron chi connectivity index (χ2n) is 2.61. The lowest BCUT2D eigenvalue weighted by Crippen LogP contribution is -2.34. The van der Waals surface area contributed by atoms with Gasteiger partial charge in [0.05, 0.1) is 0 Å². The molecule has 0 bridgehead atoms. The summed E-state index contributed by atoms with van der Waals surface area (Å²) in [5.41, 5.74) is 0. The van der Waals surface area contributed by atoms with Gasteiger partial charge in [-0.3, -0.25) is 9.59 Å². The standard InChI is InChI=1S/C7H14N2O2/c1-6(8-4-10)3-7(2)9-5-11/h4-7H,3H2,1-2H3,(H,8,10)(H,9,11). The van der Waals surface area contributed by atoms with Crippen molar-refractivity contribution in [3.05, 3.63) is 0 Å². The number of carbonyl (C=O) groups excluding carboxylic acids is 2. The van der Waals surface area contributed by atoms with E-state index in [0.717, 1.165) is 6.42 Å². The number of hydrogen-bond donors (Lipinski definition) is 2. The van der Waals surface area contributed by atoms with Crippen LogP contribution < -0.4 is 10.6 Å². The van der Waals surface area contributed by atoms with E-state index in [1.807, 2.05) is 13.8 Å². The lowest BCUT2D eigenvalue weighted by atomic mass is 10.1. The van der Waals surface area contributed by atoms with Gasteiger partial charge in [0.15, 0.2) is 0 Å². The predicted molar refractivity (Wildman–Crippen MR) is 41.9 cm³/mol. The maximum Gasteiger partial charge on any atom is 0.207 e. The van der Waals surface area contributed by atoms with Crippen molar-refractivity contribution in [3.8, 4) is 0 Å². The van der Waals surface area contributed by atoms with Crippen molar-refractivity contribution in [2.45, 2.75) is 32.4 Å². The monoisotopic (exact) mass is 158 g/mol. The van der Waals surface area contributed by atoms with E-state index < -0.39 is 0 Å². The zero-order chi connectivity index (χ0) is 8.69. The first-order valence-electron chi connectivity index (χ1n) is 3.60. The maximum absolute atomic E-state index is 9.95. The number of amides is 2. The van der Waals surface area contributed by atoms with Crippen LogP contribution in [0.2, 0.25) is 0 Å². The molecule has 0 saturated heterocycles. The Morgan fingerprint density at radius 2 is 1.45 bits per heavy atom. The van der Waals surface area contributed by atoms with Crippen molar-refractivity contribution in [1.82, 2.24) is 10.6 Å². The van der Waals surface area contributed by atoms with Gasteiger partial charge >= 0.3 is 0 Å². The van der Waals surface area contributed by atoms with Gasteiger partial charge in [-0.2, -0.15) is 0 Å². The minimum atomic E-state index is 0.106. The number of hydrogen-bond acceptors (Lipinski definition) is 2. The van der Waals surface area contributed by atoms with Crippen LogP contribution in [0.5, 0.6) is 0 Å². The van der Waals surface area contributed by atoms with Gasteiger partial charge in [0, 0.05) is 12.1 Å². The highest BCUT2D eigenvalue weighted by atomic mass is 16.1. The van der Waals surface area contributed by atoms with Crippen LogP contribution in [0, 0.1) is 0 Å². The molecule has 4 nitrogen and oxygen atoms in total. The number of rotatable bonds is 6. The van der Waals surface area contributed by atoms with Crippen molar-refractivity contribution >= 4 is 12.8 Å². The van der Waals surface area contributed by atoms with Crippen LogP contribution in [0.4, 0.5) is 0 Å². The van der Waals surface area contributed by atoms with E-state index in [1.165, 1.54) is 0 Å². The third-order valence-corrected chi connectivity index (χ3v) is 1.41. The van der Waals surface area contributed by atoms with Gasteiger partial charge in [-0.1, -0.05) is 0 Å². The highest BCUT2D eigenvalue weighted by Crippen LogP contribution is 1.94. The Kier molecular flexibility index (Phi) is 5.15. The summed E-state index contributed by atoms with van der Waals surface area (Å²) in [6.07, 6.45) is 2.08. The molecule has 0 heterocycles. The van der Waals surface area contributed by atoms with E-state index in [4.69, 9.17) is 0 Å². The molecule has 64 valence electrons. The fraction of sp³-hybridized carbons (Fsp3) is 0.714. The first kappa shape index (κ1) is 9.94. The molecular formula is C7H14N2O2. The molecule has 4 heteroatoms. The van der Waals surface area contributed by atoms with Gasteiger partial charge in [0.25, 0.3) is 0 Å². The normalized spacial score (nSPS) is 14.7. The molecular weight excluding hydrogens is 144 g/mol. The highest BCUT2D eigenvalue weighted by molar-refractivity contribution is 5.47. The van der Waals surface area contributed by atoms with Gasteiger partial charge in [-0.15, -0.1) is 0 Å². The van der Waals surface area contributed by atoms with Crippen LogP contribution >= 0.6 is 0 Å². The molecule has 0 rings (SSSR count). The molecule has 2 N–H and O–H groups in total. The van der Waals surface area contributed by atoms with Gasteiger partial charge in [0.2, 0.25) is 12.8 Å². The predicted octanol–water partition coefficient (Wildman–Crippen LogP) is -0.355. The van der Waals surface area contributed by atoms with Crippen LogP contribution in [0.15, 0.2) is 0 Å². The lowest BCUT2D eigenvalue weighted by molar-refractivity contribution is -0.110. The quantitative estimate of drug-likeness (QED) is 0.519. The molecule has 0 radical (unpaired) electrons. The molecule has 2 atom stereocenters. The summed E-state index contributed by atoms with van der Waals surface area (Å²) in [6, 6.07) is 0.213. The zero-order valence-electron chi connectivity index (χ0n) is 6.83. The summed E-state index contributed by atoms with van der Waals surface area (Å²) in [6.45, 7) is 3.77. The summed E-state index contributed by atoms with van der Waals surface area (Å²) < 4.78 is 0. The summed E-state index contributed by atoms with van der Waals surface area (Å²) >= 11 is 0. The molecule has 0 aliphatic heterocycles. The number of nitrogens with one attached hydrogen (secondary N) is 2. The topological polar surface area (TPSA) is 58.2 Å². The maximum atomic E-state index is 9.95. The fourth-order valence-corrected chi connectivity index (χ4v) is 0.899. The summed E-state index contributed by atoms with van der Waals surface area (Å²) in [5, 5.41) is 5.20. The molecule has 0 aliphatic carbocycles. The summed E-state index contributed by atoms with van der Waals surface area (Å²) in [4.78, 5) is 19.9. The first-order valence-corrected chi connectivity index (χ1v) is 3.60. The second kappa shape index (κ2) is 5.70. The molecule has 0 aromatic heterocycles. The molecule has 11 heavy (non-hydrogen) atoms. The van der Waals surface area contributed by atoms with Crippen molar-refractivity contribution in [2.24, 2.45) is 0 Å². The average Bonchev–Trinajstić information content (AvgIpc) is 1.87. The third kappa shape index (κ3) is 5.39. The molecule has 0 spiro atoms. The van der Waals surface area contributed by atoms with Crippen molar-refractivity contribution in [1.29, 1.82) is 0 Å². The van der Waals surface area contributed by atoms with Gasteiger partial charge in [0.1, 0.15) is 0 Å². The molecule has 2 unspecified atom stereocenters. The average molecular weight is 158 g/mol. The first-order chi connectivity index (χ1) is 5.20. The van der Waals surface area contributed by atoms with E-state index >= 15 is 0 Å². The molecule has 0 aromatic rings. The Morgan fingerprint density at radius 1 is 1.09 bits per heavy atom. The minimum absolute atomic E-state index is 0.106. The van der Waals surface area contributed by atoms with Crippen LogP contribution in [0.3, 0.4) is 0 Å². The zero-order valence-corrected chi connectivity index (χ0v) is 6.83. The molecule has 2 amide bonds. The Bertz CT molecular complexity index is 114. The van der Waals surface area contributed by atoms with E-state index in [2.05, 4.69) is 10.6 Å². The van der Waals surface area contributed by atoms with E-state index in [-0.39, 0.29) is 12.1 Å². The van der Waals surface area contributed by atoms with Crippen molar-refractivity contribution < 1.29 is 9.59 Å². The van der Waals surface area contributed by atoms with Crippen molar-refractivity contribution in [3.63, 3.8) is 0 Å². The molecule has 0 aromatic carbocycles. The van der Waals surface area contributed by atoms with E-state index in [9.17, 15) is 9.59 Å². The number of carbonyl (C=O) groups is 2. The Hall–Kier alpha value is -1.06. The summed E-state index contributed by atoms with van der Waals surface area (Å²) in [7, 11) is 0. The van der Waals surface area contributed by atoms with Crippen LogP contribution in [0.25, 0.3) is 0 Å². The van der Waals surface area contributed by atoms with Crippen molar-refractivity contribution in [2.75, 3.05) is 0 Å². The Balaban J connectivity index is 3.46. The third-order valence-electron chi connectivity index (χ3n) is 1.41.